The van der Waals surface area contributed by atoms with Crippen LogP contribution in [0, 0.1) is 11.8 Å². The first kappa shape index (κ1) is 14.5. The highest BCUT2D eigenvalue weighted by atomic mass is 16.2. The molecule has 0 unspecified atom stereocenters. The summed E-state index contributed by atoms with van der Waals surface area (Å²) in [4.78, 5) is 22.2. The standard InChI is InChI=1S/C13H16N4O2/c14-6-2-4-10-3-1-5-11(9-10)12(18)16-7-8-17-13(15)19/h1,3,5,9H,6-8,14H2,(H,16,18)(H3,15,17,19). The fraction of sp³-hybridized carbons (Fsp3) is 0.231. The lowest BCUT2D eigenvalue weighted by Gasteiger charge is -2.05. The van der Waals surface area contributed by atoms with E-state index in [0.717, 1.165) is 5.56 Å². The number of nitrogens with two attached hydrogens (primary N) is 2. The van der Waals surface area contributed by atoms with Crippen molar-refractivity contribution in [3.05, 3.63) is 35.4 Å². The zero-order valence-electron chi connectivity index (χ0n) is 10.4. The molecular formula is C13H16N4O2. The van der Waals surface area contributed by atoms with Gasteiger partial charge in [0.2, 0.25) is 0 Å². The molecule has 0 spiro atoms. The first-order valence-corrected chi connectivity index (χ1v) is 5.74. The van der Waals surface area contributed by atoms with Crippen molar-refractivity contribution in [3.63, 3.8) is 0 Å². The van der Waals surface area contributed by atoms with Crippen molar-refractivity contribution in [3.8, 4) is 11.8 Å². The number of carbonyl (C=O) groups is 2. The number of amides is 3. The number of rotatable bonds is 4. The SMILES string of the molecule is NCC#Cc1cccc(C(=O)NCCNC(N)=O)c1. The predicted molar refractivity (Wildman–Crippen MR) is 72.3 cm³/mol. The summed E-state index contributed by atoms with van der Waals surface area (Å²) in [6.45, 7) is 0.865. The molecule has 6 heteroatoms. The predicted octanol–water partition coefficient (Wildman–Crippen LogP) is -0.605. The fourth-order valence-corrected chi connectivity index (χ4v) is 1.36. The Morgan fingerprint density at radius 3 is 2.63 bits per heavy atom. The molecule has 0 aliphatic heterocycles. The van der Waals surface area contributed by atoms with Crippen LogP contribution < -0.4 is 22.1 Å². The van der Waals surface area contributed by atoms with Crippen LogP contribution in [0.2, 0.25) is 0 Å². The minimum absolute atomic E-state index is 0.234. The maximum Gasteiger partial charge on any atom is 0.312 e. The lowest BCUT2D eigenvalue weighted by molar-refractivity contribution is 0.0954. The molecule has 0 heterocycles. The minimum atomic E-state index is -0.617. The fourth-order valence-electron chi connectivity index (χ4n) is 1.36. The van der Waals surface area contributed by atoms with Gasteiger partial charge in [-0.25, -0.2) is 4.79 Å². The van der Waals surface area contributed by atoms with Gasteiger partial charge >= 0.3 is 6.03 Å². The molecule has 1 aromatic rings. The Kier molecular flexibility index (Phi) is 5.92. The Bertz CT molecular complexity index is 517. The highest BCUT2D eigenvalue weighted by Gasteiger charge is 2.04. The third-order valence-corrected chi connectivity index (χ3v) is 2.17. The zero-order chi connectivity index (χ0) is 14.1. The van der Waals surface area contributed by atoms with E-state index in [-0.39, 0.29) is 19.0 Å². The van der Waals surface area contributed by atoms with Crippen LogP contribution >= 0.6 is 0 Å². The molecule has 0 saturated heterocycles. The number of urea groups is 1. The van der Waals surface area contributed by atoms with Gasteiger partial charge in [-0.05, 0) is 18.2 Å². The van der Waals surface area contributed by atoms with E-state index in [2.05, 4.69) is 22.5 Å². The molecular weight excluding hydrogens is 244 g/mol. The molecule has 1 rings (SSSR count). The van der Waals surface area contributed by atoms with E-state index in [1.807, 2.05) is 0 Å². The number of hydrogen-bond donors (Lipinski definition) is 4. The van der Waals surface area contributed by atoms with Crippen LogP contribution in [-0.4, -0.2) is 31.6 Å². The number of benzene rings is 1. The molecule has 6 nitrogen and oxygen atoms in total. The van der Waals surface area contributed by atoms with E-state index < -0.39 is 6.03 Å². The number of primary amides is 1. The molecule has 0 fully saturated rings. The number of hydrogen-bond acceptors (Lipinski definition) is 3. The first-order valence-electron chi connectivity index (χ1n) is 5.74. The van der Waals surface area contributed by atoms with E-state index in [0.29, 0.717) is 12.1 Å². The van der Waals surface area contributed by atoms with E-state index >= 15 is 0 Å². The van der Waals surface area contributed by atoms with Crippen molar-refractivity contribution >= 4 is 11.9 Å². The van der Waals surface area contributed by atoms with Crippen LogP contribution in [-0.2, 0) is 0 Å². The third-order valence-electron chi connectivity index (χ3n) is 2.17. The molecule has 0 aromatic heterocycles. The topological polar surface area (TPSA) is 110 Å². The summed E-state index contributed by atoms with van der Waals surface area (Å²) in [5, 5.41) is 5.04. The molecule has 0 atom stereocenters. The highest BCUT2D eigenvalue weighted by molar-refractivity contribution is 5.94. The van der Waals surface area contributed by atoms with Crippen molar-refractivity contribution in [2.75, 3.05) is 19.6 Å². The van der Waals surface area contributed by atoms with E-state index in [1.165, 1.54) is 0 Å². The molecule has 0 aliphatic carbocycles. The highest BCUT2D eigenvalue weighted by Crippen LogP contribution is 2.03. The van der Waals surface area contributed by atoms with Crippen LogP contribution in [0.15, 0.2) is 24.3 Å². The maximum atomic E-state index is 11.8. The van der Waals surface area contributed by atoms with E-state index in [4.69, 9.17) is 11.5 Å². The van der Waals surface area contributed by atoms with Gasteiger partial charge in [-0.15, -0.1) is 0 Å². The average molecular weight is 260 g/mol. The van der Waals surface area contributed by atoms with E-state index in [9.17, 15) is 9.59 Å². The van der Waals surface area contributed by atoms with Gasteiger partial charge in [0.25, 0.3) is 5.91 Å². The van der Waals surface area contributed by atoms with Crippen LogP contribution in [0.5, 0.6) is 0 Å². The van der Waals surface area contributed by atoms with Crippen molar-refractivity contribution in [2.24, 2.45) is 11.5 Å². The molecule has 0 radical (unpaired) electrons. The van der Waals surface area contributed by atoms with Crippen LogP contribution in [0.1, 0.15) is 15.9 Å². The molecule has 19 heavy (non-hydrogen) atoms. The largest absolute Gasteiger partial charge is 0.352 e. The Labute approximate surface area is 111 Å². The van der Waals surface area contributed by atoms with Crippen LogP contribution in [0.3, 0.4) is 0 Å². The smallest absolute Gasteiger partial charge is 0.312 e. The quantitative estimate of drug-likeness (QED) is 0.428. The van der Waals surface area contributed by atoms with Gasteiger partial charge in [0.05, 0.1) is 6.54 Å². The second kappa shape index (κ2) is 7.74. The Morgan fingerprint density at radius 1 is 1.21 bits per heavy atom. The summed E-state index contributed by atoms with van der Waals surface area (Å²) in [6.07, 6.45) is 0. The molecule has 0 bridgehead atoms. The van der Waals surface area contributed by atoms with Gasteiger partial charge in [0.15, 0.2) is 0 Å². The van der Waals surface area contributed by atoms with Crippen molar-refractivity contribution in [1.29, 1.82) is 0 Å². The van der Waals surface area contributed by atoms with Crippen molar-refractivity contribution in [1.82, 2.24) is 10.6 Å². The van der Waals surface area contributed by atoms with Crippen LogP contribution in [0.4, 0.5) is 4.79 Å². The maximum absolute atomic E-state index is 11.8. The summed E-state index contributed by atoms with van der Waals surface area (Å²) in [6, 6.07) is 6.29. The van der Waals surface area contributed by atoms with Crippen molar-refractivity contribution in [2.45, 2.75) is 0 Å². The molecule has 6 N–H and O–H groups in total. The lowest BCUT2D eigenvalue weighted by atomic mass is 10.1. The minimum Gasteiger partial charge on any atom is -0.352 e. The number of carbonyl (C=O) groups excluding carboxylic acids is 2. The molecule has 0 aliphatic rings. The van der Waals surface area contributed by atoms with Gasteiger partial charge < -0.3 is 22.1 Å². The average Bonchev–Trinajstić information content (AvgIpc) is 2.41. The molecule has 1 aromatic carbocycles. The molecule has 3 amide bonds. The summed E-state index contributed by atoms with van der Waals surface area (Å²) in [5.41, 5.74) is 11.4. The second-order valence-corrected chi connectivity index (χ2v) is 3.63. The van der Waals surface area contributed by atoms with Gasteiger partial charge in [0.1, 0.15) is 0 Å². The van der Waals surface area contributed by atoms with Gasteiger partial charge in [0, 0.05) is 24.2 Å². The van der Waals surface area contributed by atoms with Gasteiger partial charge in [-0.1, -0.05) is 17.9 Å². The summed E-state index contributed by atoms with van der Waals surface area (Å²) in [7, 11) is 0. The monoisotopic (exact) mass is 260 g/mol. The Morgan fingerprint density at radius 2 is 1.95 bits per heavy atom. The number of nitrogens with one attached hydrogen (secondary N) is 2. The normalized spacial score (nSPS) is 9.11. The zero-order valence-corrected chi connectivity index (χ0v) is 10.4. The third kappa shape index (κ3) is 5.57. The second-order valence-electron chi connectivity index (χ2n) is 3.63. The summed E-state index contributed by atoms with van der Waals surface area (Å²) < 4.78 is 0. The Balaban J connectivity index is 2.54. The lowest BCUT2D eigenvalue weighted by Crippen LogP contribution is -2.37. The van der Waals surface area contributed by atoms with Crippen LogP contribution in [0.25, 0.3) is 0 Å². The van der Waals surface area contributed by atoms with E-state index in [1.54, 1.807) is 24.3 Å². The molecule has 0 saturated carbocycles. The molecule has 100 valence electrons. The summed E-state index contributed by atoms with van der Waals surface area (Å²) >= 11 is 0. The summed E-state index contributed by atoms with van der Waals surface area (Å²) in [5.74, 6) is 5.34. The van der Waals surface area contributed by atoms with Crippen molar-refractivity contribution < 1.29 is 9.59 Å². The van der Waals surface area contributed by atoms with Gasteiger partial charge in [-0.3, -0.25) is 4.79 Å². The van der Waals surface area contributed by atoms with Gasteiger partial charge in [-0.2, -0.15) is 0 Å². The Hall–Kier alpha value is -2.52. The first-order chi connectivity index (χ1) is 9.13.